The van der Waals surface area contributed by atoms with Gasteiger partial charge in [-0.15, -0.1) is 0 Å². The first kappa shape index (κ1) is 15.8. The highest BCUT2D eigenvalue weighted by Gasteiger charge is 2.21. The largest absolute Gasteiger partial charge is 0.383 e. The summed E-state index contributed by atoms with van der Waals surface area (Å²) in [6, 6.07) is 0.119. The van der Waals surface area contributed by atoms with Gasteiger partial charge in [-0.3, -0.25) is 0 Å². The van der Waals surface area contributed by atoms with Gasteiger partial charge in [-0.25, -0.2) is 13.1 Å². The maximum absolute atomic E-state index is 11.8. The molecule has 1 rings (SSSR count). The van der Waals surface area contributed by atoms with E-state index in [1.807, 2.05) is 11.9 Å². The number of likely N-dealkylation sites (N-methyl/N-ethyl adjacent to an activating group) is 1. The molecule has 6 nitrogen and oxygen atoms in total. The Morgan fingerprint density at radius 2 is 2.22 bits per heavy atom. The Labute approximate surface area is 110 Å². The first-order valence-corrected chi connectivity index (χ1v) is 8.07. The van der Waals surface area contributed by atoms with E-state index in [0.717, 1.165) is 25.9 Å². The van der Waals surface area contributed by atoms with Gasteiger partial charge in [0.05, 0.1) is 12.4 Å². The summed E-state index contributed by atoms with van der Waals surface area (Å²) in [5, 5.41) is 3.19. The highest BCUT2D eigenvalue weighted by atomic mass is 32.2. The first-order chi connectivity index (χ1) is 8.53. The Morgan fingerprint density at radius 3 is 2.83 bits per heavy atom. The summed E-state index contributed by atoms with van der Waals surface area (Å²) in [6.07, 6.45) is 2.02. The van der Waals surface area contributed by atoms with Gasteiger partial charge in [0.15, 0.2) is 0 Å². The Bertz CT molecular complexity index is 315. The lowest BCUT2D eigenvalue weighted by Gasteiger charge is -2.17. The summed E-state index contributed by atoms with van der Waals surface area (Å²) in [7, 11) is 0.457. The van der Waals surface area contributed by atoms with Gasteiger partial charge >= 0.3 is 0 Å². The fourth-order valence-electron chi connectivity index (χ4n) is 1.97. The molecule has 0 aromatic rings. The van der Waals surface area contributed by atoms with E-state index < -0.39 is 10.0 Å². The minimum Gasteiger partial charge on any atom is -0.383 e. The van der Waals surface area contributed by atoms with Gasteiger partial charge in [0.2, 0.25) is 10.0 Å². The second-order valence-corrected chi connectivity index (χ2v) is 6.62. The third kappa shape index (κ3) is 6.65. The number of methoxy groups -OCH3 is 1. The zero-order valence-corrected chi connectivity index (χ0v) is 12.1. The lowest BCUT2D eigenvalue weighted by atomic mass is 10.3. The van der Waals surface area contributed by atoms with Gasteiger partial charge in [-0.05, 0) is 26.4 Å². The van der Waals surface area contributed by atoms with E-state index in [1.54, 1.807) is 7.11 Å². The van der Waals surface area contributed by atoms with Crippen LogP contribution in [0, 0.1) is 0 Å². The molecule has 7 heteroatoms. The van der Waals surface area contributed by atoms with Gasteiger partial charge in [0.25, 0.3) is 0 Å². The van der Waals surface area contributed by atoms with E-state index in [4.69, 9.17) is 4.74 Å². The van der Waals surface area contributed by atoms with Crippen molar-refractivity contribution in [2.24, 2.45) is 0 Å². The average molecular weight is 279 g/mol. The maximum atomic E-state index is 11.8. The molecule has 0 amide bonds. The molecule has 1 unspecified atom stereocenters. The molecule has 0 radical (unpaired) electrons. The summed E-state index contributed by atoms with van der Waals surface area (Å²) in [4.78, 5) is 2.04. The summed E-state index contributed by atoms with van der Waals surface area (Å²) in [6.45, 7) is 3.55. The van der Waals surface area contributed by atoms with Gasteiger partial charge in [0, 0.05) is 32.8 Å². The predicted octanol–water partition coefficient (Wildman–Crippen LogP) is -0.764. The SMILES string of the molecule is COCCN(C)CCNS(=O)(=O)CC1CCCN1. The minimum atomic E-state index is -3.15. The quantitative estimate of drug-likeness (QED) is 0.580. The van der Waals surface area contributed by atoms with Crippen molar-refractivity contribution in [1.82, 2.24) is 14.9 Å². The molecule has 108 valence electrons. The number of rotatable bonds is 9. The second-order valence-electron chi connectivity index (χ2n) is 4.77. The van der Waals surface area contributed by atoms with Crippen LogP contribution in [-0.2, 0) is 14.8 Å². The summed E-state index contributed by atoms with van der Waals surface area (Å²) >= 11 is 0. The Hall–Kier alpha value is -0.210. The van der Waals surface area contributed by atoms with Crippen molar-refractivity contribution in [2.75, 3.05) is 52.7 Å². The van der Waals surface area contributed by atoms with E-state index >= 15 is 0 Å². The molecule has 1 fully saturated rings. The Balaban J connectivity index is 2.16. The molecule has 1 aliphatic heterocycles. The molecule has 0 saturated carbocycles. The highest BCUT2D eigenvalue weighted by Crippen LogP contribution is 2.06. The zero-order valence-electron chi connectivity index (χ0n) is 11.3. The van der Waals surface area contributed by atoms with Crippen LogP contribution < -0.4 is 10.0 Å². The van der Waals surface area contributed by atoms with Crippen molar-refractivity contribution in [2.45, 2.75) is 18.9 Å². The molecular weight excluding hydrogens is 254 g/mol. The number of ether oxygens (including phenoxy) is 1. The number of nitrogens with one attached hydrogen (secondary N) is 2. The number of hydrogen-bond acceptors (Lipinski definition) is 5. The molecular formula is C11H25N3O3S. The molecule has 18 heavy (non-hydrogen) atoms. The van der Waals surface area contributed by atoms with Gasteiger partial charge in [0.1, 0.15) is 0 Å². The Kier molecular flexibility index (Phi) is 7.10. The van der Waals surface area contributed by atoms with Crippen molar-refractivity contribution in [1.29, 1.82) is 0 Å². The molecule has 1 saturated heterocycles. The molecule has 0 aromatic carbocycles. The average Bonchev–Trinajstić information content (AvgIpc) is 2.78. The minimum absolute atomic E-state index is 0.119. The second kappa shape index (κ2) is 8.06. The third-order valence-corrected chi connectivity index (χ3v) is 4.56. The lowest BCUT2D eigenvalue weighted by Crippen LogP contribution is -2.39. The number of hydrogen-bond donors (Lipinski definition) is 2. The van der Waals surface area contributed by atoms with Crippen molar-refractivity contribution < 1.29 is 13.2 Å². The van der Waals surface area contributed by atoms with Gasteiger partial charge in [-0.2, -0.15) is 0 Å². The maximum Gasteiger partial charge on any atom is 0.213 e. The van der Waals surface area contributed by atoms with Crippen LogP contribution in [0.4, 0.5) is 0 Å². The van der Waals surface area contributed by atoms with E-state index in [0.29, 0.717) is 19.7 Å². The molecule has 0 spiro atoms. The number of nitrogens with zero attached hydrogens (tertiary/aromatic N) is 1. The zero-order chi connectivity index (χ0) is 13.4. The summed E-state index contributed by atoms with van der Waals surface area (Å²) in [5.41, 5.74) is 0. The monoisotopic (exact) mass is 279 g/mol. The van der Waals surface area contributed by atoms with Crippen LogP contribution in [0.5, 0.6) is 0 Å². The van der Waals surface area contributed by atoms with Crippen molar-refractivity contribution >= 4 is 10.0 Å². The van der Waals surface area contributed by atoms with Gasteiger partial charge in [-0.1, -0.05) is 0 Å². The third-order valence-electron chi connectivity index (χ3n) is 3.08. The van der Waals surface area contributed by atoms with E-state index in [-0.39, 0.29) is 11.8 Å². The van der Waals surface area contributed by atoms with Crippen molar-refractivity contribution in [3.05, 3.63) is 0 Å². The Morgan fingerprint density at radius 1 is 1.44 bits per heavy atom. The first-order valence-electron chi connectivity index (χ1n) is 6.42. The van der Waals surface area contributed by atoms with Crippen LogP contribution in [0.15, 0.2) is 0 Å². The van der Waals surface area contributed by atoms with E-state index in [9.17, 15) is 8.42 Å². The topological polar surface area (TPSA) is 70.7 Å². The summed E-state index contributed by atoms with van der Waals surface area (Å²) < 4.78 is 31.2. The van der Waals surface area contributed by atoms with Crippen LogP contribution in [0.1, 0.15) is 12.8 Å². The molecule has 2 N–H and O–H groups in total. The van der Waals surface area contributed by atoms with E-state index in [2.05, 4.69) is 10.0 Å². The molecule has 1 aliphatic rings. The fourth-order valence-corrected chi connectivity index (χ4v) is 3.31. The smallest absolute Gasteiger partial charge is 0.213 e. The highest BCUT2D eigenvalue weighted by molar-refractivity contribution is 7.89. The lowest BCUT2D eigenvalue weighted by molar-refractivity contribution is 0.162. The van der Waals surface area contributed by atoms with Crippen molar-refractivity contribution in [3.63, 3.8) is 0 Å². The van der Waals surface area contributed by atoms with Crippen LogP contribution >= 0.6 is 0 Å². The molecule has 0 aromatic heterocycles. The standard InChI is InChI=1S/C11H25N3O3S/c1-14(8-9-17-2)7-6-13-18(15,16)10-11-4-3-5-12-11/h11-13H,3-10H2,1-2H3. The van der Waals surface area contributed by atoms with Gasteiger partial charge < -0.3 is 15.0 Å². The van der Waals surface area contributed by atoms with Crippen molar-refractivity contribution in [3.8, 4) is 0 Å². The van der Waals surface area contributed by atoms with Crippen LogP contribution in [0.3, 0.4) is 0 Å². The molecule has 0 bridgehead atoms. The molecule has 1 heterocycles. The van der Waals surface area contributed by atoms with Crippen LogP contribution in [0.2, 0.25) is 0 Å². The fraction of sp³-hybridized carbons (Fsp3) is 1.00. The molecule has 0 aliphatic carbocycles. The number of sulfonamides is 1. The summed E-state index contributed by atoms with van der Waals surface area (Å²) in [5.74, 6) is 0.189. The van der Waals surface area contributed by atoms with Crippen LogP contribution in [-0.4, -0.2) is 72.1 Å². The van der Waals surface area contributed by atoms with Crippen LogP contribution in [0.25, 0.3) is 0 Å². The predicted molar refractivity (Wildman–Crippen MR) is 72.2 cm³/mol. The molecule has 1 atom stereocenters. The normalized spacial score (nSPS) is 20.7. The van der Waals surface area contributed by atoms with E-state index in [1.165, 1.54) is 0 Å².